The van der Waals surface area contributed by atoms with E-state index in [1.165, 1.54) is 21.6 Å². The third-order valence-electron chi connectivity index (χ3n) is 6.81. The lowest BCUT2D eigenvalue weighted by Gasteiger charge is -2.46. The van der Waals surface area contributed by atoms with Crippen LogP contribution in [0.15, 0.2) is 29.6 Å². The second kappa shape index (κ2) is 8.08. The largest absolute Gasteiger partial charge is 0.378 e. The van der Waals surface area contributed by atoms with Crippen LogP contribution in [0, 0.1) is 5.82 Å². The molecule has 5 rings (SSSR count). The molecule has 1 aromatic carbocycles. The Morgan fingerprint density at radius 1 is 1.07 bits per heavy atom. The number of nitrogens with one attached hydrogen (secondary N) is 1. The Hall–Kier alpha value is -1.31. The van der Waals surface area contributed by atoms with E-state index in [1.54, 1.807) is 12.1 Å². The number of rotatable bonds is 6. The monoisotopic (exact) mass is 417 g/mol. The molecule has 3 aliphatic heterocycles. The molecular weight excluding hydrogens is 389 g/mol. The van der Waals surface area contributed by atoms with Gasteiger partial charge in [0.1, 0.15) is 5.82 Å². The summed E-state index contributed by atoms with van der Waals surface area (Å²) < 4.78 is 31.0. The summed E-state index contributed by atoms with van der Waals surface area (Å²) in [5, 5.41) is 5.88. The average Bonchev–Trinajstić information content (AvgIpc) is 3.45. The van der Waals surface area contributed by atoms with Crippen LogP contribution in [0.3, 0.4) is 0 Å². The first-order valence-corrected chi connectivity index (χ1v) is 11.4. The van der Waals surface area contributed by atoms with Crippen molar-refractivity contribution < 1.29 is 18.6 Å². The molecule has 2 aromatic rings. The standard InChI is InChI=1S/C23H28FNO3S/c24-19-3-1-18(2-4-19)22(6-10-28-23(15-22)7-9-26-16-23)5-8-25-11-21-20-13-27-12-17(20)14-29-21/h1-4,14,25H,5-13,15-16H2/t22-,23-/m1/s1. The molecule has 29 heavy (non-hydrogen) atoms. The number of benzene rings is 1. The van der Waals surface area contributed by atoms with Crippen LogP contribution in [0.4, 0.5) is 4.39 Å². The zero-order valence-corrected chi connectivity index (χ0v) is 17.5. The smallest absolute Gasteiger partial charge is 0.123 e. The first-order valence-electron chi connectivity index (χ1n) is 10.5. The fraction of sp³-hybridized carbons (Fsp3) is 0.565. The molecule has 2 saturated heterocycles. The number of halogens is 1. The lowest BCUT2D eigenvalue weighted by molar-refractivity contribution is -0.108. The van der Waals surface area contributed by atoms with Crippen molar-refractivity contribution >= 4 is 11.3 Å². The van der Waals surface area contributed by atoms with Crippen molar-refractivity contribution in [2.24, 2.45) is 0 Å². The van der Waals surface area contributed by atoms with Gasteiger partial charge in [-0.15, -0.1) is 11.3 Å². The molecule has 0 unspecified atom stereocenters. The van der Waals surface area contributed by atoms with Gasteiger partial charge in [-0.25, -0.2) is 4.39 Å². The third-order valence-corrected chi connectivity index (χ3v) is 7.89. The number of hydrogen-bond acceptors (Lipinski definition) is 5. The summed E-state index contributed by atoms with van der Waals surface area (Å²) in [6.07, 6.45) is 3.86. The molecule has 2 atom stereocenters. The van der Waals surface area contributed by atoms with Gasteiger partial charge in [-0.05, 0) is 60.0 Å². The second-order valence-corrected chi connectivity index (χ2v) is 9.59. The number of ether oxygens (including phenoxy) is 3. The summed E-state index contributed by atoms with van der Waals surface area (Å²) in [4.78, 5) is 1.39. The lowest BCUT2D eigenvalue weighted by atomic mass is 9.66. The van der Waals surface area contributed by atoms with Gasteiger partial charge in [-0.3, -0.25) is 0 Å². The molecule has 2 fully saturated rings. The van der Waals surface area contributed by atoms with Gasteiger partial charge in [-0.1, -0.05) is 12.1 Å². The molecule has 0 bridgehead atoms. The van der Waals surface area contributed by atoms with Crippen molar-refractivity contribution in [1.82, 2.24) is 5.32 Å². The minimum atomic E-state index is -0.182. The quantitative estimate of drug-likeness (QED) is 0.712. The highest BCUT2D eigenvalue weighted by atomic mass is 32.1. The van der Waals surface area contributed by atoms with E-state index in [2.05, 4.69) is 10.7 Å². The molecular formula is C23H28FNO3S. The summed E-state index contributed by atoms with van der Waals surface area (Å²) in [5.41, 5.74) is 3.76. The fourth-order valence-corrected chi connectivity index (χ4v) is 6.18. The maximum absolute atomic E-state index is 13.6. The molecule has 0 amide bonds. The van der Waals surface area contributed by atoms with E-state index in [4.69, 9.17) is 14.2 Å². The summed E-state index contributed by atoms with van der Waals surface area (Å²) in [7, 11) is 0. The normalized spacial score (nSPS) is 28.9. The predicted molar refractivity (Wildman–Crippen MR) is 111 cm³/mol. The zero-order valence-electron chi connectivity index (χ0n) is 16.7. The van der Waals surface area contributed by atoms with Crippen molar-refractivity contribution in [3.8, 4) is 0 Å². The molecule has 1 N–H and O–H groups in total. The Balaban J connectivity index is 1.30. The molecule has 0 radical (unpaired) electrons. The summed E-state index contributed by atoms with van der Waals surface area (Å²) in [6.45, 7) is 5.47. The van der Waals surface area contributed by atoms with Gasteiger partial charge in [-0.2, -0.15) is 0 Å². The van der Waals surface area contributed by atoms with Gasteiger partial charge in [0.2, 0.25) is 0 Å². The minimum absolute atomic E-state index is 0.00679. The van der Waals surface area contributed by atoms with Crippen LogP contribution >= 0.6 is 11.3 Å². The summed E-state index contributed by atoms with van der Waals surface area (Å²) in [5.74, 6) is -0.179. The van der Waals surface area contributed by atoms with E-state index in [0.29, 0.717) is 6.61 Å². The van der Waals surface area contributed by atoms with E-state index in [9.17, 15) is 4.39 Å². The van der Waals surface area contributed by atoms with Crippen LogP contribution in [0.25, 0.3) is 0 Å². The van der Waals surface area contributed by atoms with E-state index in [-0.39, 0.29) is 16.8 Å². The first kappa shape index (κ1) is 19.6. The van der Waals surface area contributed by atoms with Gasteiger partial charge in [0.15, 0.2) is 0 Å². The van der Waals surface area contributed by atoms with Gasteiger partial charge < -0.3 is 19.5 Å². The number of fused-ring (bicyclic) bond motifs is 1. The minimum Gasteiger partial charge on any atom is -0.378 e. The van der Waals surface area contributed by atoms with Crippen LogP contribution in [-0.2, 0) is 39.4 Å². The van der Waals surface area contributed by atoms with Crippen molar-refractivity contribution in [3.63, 3.8) is 0 Å². The van der Waals surface area contributed by atoms with E-state index < -0.39 is 0 Å². The van der Waals surface area contributed by atoms with Crippen LogP contribution in [-0.4, -0.2) is 32.0 Å². The highest BCUT2D eigenvalue weighted by molar-refractivity contribution is 7.10. The molecule has 156 valence electrons. The Labute approximate surface area is 175 Å². The van der Waals surface area contributed by atoms with Crippen molar-refractivity contribution in [1.29, 1.82) is 0 Å². The molecule has 3 aliphatic rings. The van der Waals surface area contributed by atoms with E-state index in [0.717, 1.165) is 65.2 Å². The summed E-state index contributed by atoms with van der Waals surface area (Å²) in [6, 6.07) is 7.11. The predicted octanol–water partition coefficient (Wildman–Crippen LogP) is 4.30. The Kier molecular flexibility index (Phi) is 5.47. The SMILES string of the molecule is Fc1ccc([C@]2(CCNCc3scc4c3COC4)CCO[C@]3(CCOC3)C2)cc1. The lowest BCUT2D eigenvalue weighted by Crippen LogP contribution is -2.49. The Morgan fingerprint density at radius 2 is 1.97 bits per heavy atom. The summed E-state index contributed by atoms with van der Waals surface area (Å²) >= 11 is 1.83. The van der Waals surface area contributed by atoms with Crippen molar-refractivity contribution in [2.45, 2.75) is 56.5 Å². The molecule has 1 aromatic heterocycles. The maximum Gasteiger partial charge on any atom is 0.123 e. The van der Waals surface area contributed by atoms with Crippen LogP contribution in [0.5, 0.6) is 0 Å². The van der Waals surface area contributed by atoms with E-state index >= 15 is 0 Å². The topological polar surface area (TPSA) is 39.7 Å². The third kappa shape index (κ3) is 3.89. The van der Waals surface area contributed by atoms with Gasteiger partial charge >= 0.3 is 0 Å². The van der Waals surface area contributed by atoms with Gasteiger partial charge in [0.05, 0.1) is 25.4 Å². The maximum atomic E-state index is 13.6. The molecule has 0 aliphatic carbocycles. The zero-order chi connectivity index (χ0) is 19.7. The highest BCUT2D eigenvalue weighted by Gasteiger charge is 2.48. The van der Waals surface area contributed by atoms with Gasteiger partial charge in [0.25, 0.3) is 0 Å². The second-order valence-electron chi connectivity index (χ2n) is 8.63. The Morgan fingerprint density at radius 3 is 2.79 bits per heavy atom. The molecule has 0 saturated carbocycles. The molecule has 4 nitrogen and oxygen atoms in total. The molecule has 1 spiro atoms. The van der Waals surface area contributed by atoms with Crippen molar-refractivity contribution in [3.05, 3.63) is 57.0 Å². The van der Waals surface area contributed by atoms with Crippen LogP contribution in [0.1, 0.15) is 47.3 Å². The van der Waals surface area contributed by atoms with Gasteiger partial charge in [0, 0.05) is 36.5 Å². The first-order chi connectivity index (χ1) is 14.2. The van der Waals surface area contributed by atoms with E-state index in [1.807, 2.05) is 23.5 Å². The number of thiophene rings is 1. The van der Waals surface area contributed by atoms with Crippen LogP contribution in [0.2, 0.25) is 0 Å². The molecule has 4 heterocycles. The van der Waals surface area contributed by atoms with Crippen LogP contribution < -0.4 is 5.32 Å². The molecule has 6 heteroatoms. The van der Waals surface area contributed by atoms with Crippen molar-refractivity contribution in [2.75, 3.05) is 26.4 Å². The number of hydrogen-bond donors (Lipinski definition) is 1. The Bertz CT molecular complexity index is 846. The highest BCUT2D eigenvalue weighted by Crippen LogP contribution is 2.47. The average molecular weight is 418 g/mol. The fourth-order valence-electron chi connectivity index (χ4n) is 5.17.